The largest absolute Gasteiger partial charge is 0.480 e. The molecule has 1 amide bonds. The van der Waals surface area contributed by atoms with Crippen LogP contribution in [-0.2, 0) is 4.79 Å². The van der Waals surface area contributed by atoms with Crippen LogP contribution in [0.25, 0.3) is 0 Å². The van der Waals surface area contributed by atoms with Crippen LogP contribution < -0.4 is 11.1 Å². The lowest BCUT2D eigenvalue weighted by Gasteiger charge is -2.27. The summed E-state index contributed by atoms with van der Waals surface area (Å²) in [5, 5.41) is 13.9. The highest BCUT2D eigenvalue weighted by molar-refractivity contribution is 7.09. The van der Waals surface area contributed by atoms with Crippen LogP contribution in [0, 0.1) is 5.41 Å². The van der Waals surface area contributed by atoms with Crippen molar-refractivity contribution in [3.05, 3.63) is 16.1 Å². The van der Waals surface area contributed by atoms with E-state index in [1.165, 1.54) is 11.3 Å². The van der Waals surface area contributed by atoms with Crippen LogP contribution in [0.1, 0.15) is 49.2 Å². The van der Waals surface area contributed by atoms with Gasteiger partial charge in [0.15, 0.2) is 0 Å². The van der Waals surface area contributed by atoms with E-state index >= 15 is 0 Å². The average Bonchev–Trinajstić information content (AvgIpc) is 2.72. The first kappa shape index (κ1) is 15.6. The molecule has 4 N–H and O–H groups in total. The van der Waals surface area contributed by atoms with Gasteiger partial charge in [-0.1, -0.05) is 20.8 Å². The van der Waals surface area contributed by atoms with Gasteiger partial charge in [-0.05, 0) is 12.3 Å². The third-order valence-electron chi connectivity index (χ3n) is 2.53. The molecule has 0 aliphatic carbocycles. The molecule has 0 radical (unpaired) electrons. The number of aliphatic carboxylic acids is 1. The van der Waals surface area contributed by atoms with Gasteiger partial charge in [0, 0.05) is 5.38 Å². The SMILES string of the molecule is CC(N)c1nc(C(=O)N[C@@H](C(=O)O)C(C)(C)C)cs1. The molecule has 1 heterocycles. The third-order valence-corrected chi connectivity index (χ3v) is 3.58. The molecule has 0 fully saturated rings. The predicted octanol–water partition coefficient (Wildman–Crippen LogP) is 1.39. The van der Waals surface area contributed by atoms with Gasteiger partial charge >= 0.3 is 5.97 Å². The second-order valence-electron chi connectivity index (χ2n) is 5.47. The van der Waals surface area contributed by atoms with Crippen LogP contribution in [0.5, 0.6) is 0 Å². The summed E-state index contributed by atoms with van der Waals surface area (Å²) in [6.07, 6.45) is 0. The van der Waals surface area contributed by atoms with Gasteiger partial charge in [-0.15, -0.1) is 11.3 Å². The molecule has 1 aromatic rings. The molecule has 0 aliphatic heterocycles. The number of carboxylic acid groups (broad SMARTS) is 1. The molecule has 1 unspecified atom stereocenters. The van der Waals surface area contributed by atoms with Gasteiger partial charge in [0.25, 0.3) is 5.91 Å². The second-order valence-corrected chi connectivity index (χ2v) is 6.36. The van der Waals surface area contributed by atoms with Crippen LogP contribution in [0.3, 0.4) is 0 Å². The van der Waals surface area contributed by atoms with E-state index in [1.807, 2.05) is 0 Å². The van der Waals surface area contributed by atoms with Crippen LogP contribution in [0.2, 0.25) is 0 Å². The van der Waals surface area contributed by atoms with E-state index in [0.29, 0.717) is 5.01 Å². The Balaban J connectivity index is 2.85. The van der Waals surface area contributed by atoms with Crippen molar-refractivity contribution in [1.82, 2.24) is 10.3 Å². The summed E-state index contributed by atoms with van der Waals surface area (Å²) in [5.74, 6) is -1.56. The van der Waals surface area contributed by atoms with E-state index in [0.717, 1.165) is 0 Å². The van der Waals surface area contributed by atoms with Gasteiger partial charge in [-0.25, -0.2) is 9.78 Å². The maximum atomic E-state index is 12.0. The normalized spacial score (nSPS) is 14.8. The zero-order valence-electron chi connectivity index (χ0n) is 11.4. The highest BCUT2D eigenvalue weighted by atomic mass is 32.1. The first-order valence-corrected chi connectivity index (χ1v) is 6.75. The van der Waals surface area contributed by atoms with Crippen molar-refractivity contribution in [2.45, 2.75) is 39.8 Å². The number of amides is 1. The fourth-order valence-electron chi connectivity index (χ4n) is 1.45. The van der Waals surface area contributed by atoms with Gasteiger partial charge < -0.3 is 16.2 Å². The van der Waals surface area contributed by atoms with Crippen LogP contribution >= 0.6 is 11.3 Å². The smallest absolute Gasteiger partial charge is 0.326 e. The zero-order chi connectivity index (χ0) is 14.8. The van der Waals surface area contributed by atoms with Crippen molar-refractivity contribution in [2.24, 2.45) is 11.1 Å². The van der Waals surface area contributed by atoms with E-state index in [2.05, 4.69) is 10.3 Å². The van der Waals surface area contributed by atoms with Gasteiger partial charge in [0.05, 0.1) is 6.04 Å². The van der Waals surface area contributed by atoms with E-state index in [-0.39, 0.29) is 11.7 Å². The third kappa shape index (κ3) is 4.00. The summed E-state index contributed by atoms with van der Waals surface area (Å²) in [6.45, 7) is 7.03. The molecule has 2 atom stereocenters. The Labute approximate surface area is 116 Å². The van der Waals surface area contributed by atoms with E-state index in [1.54, 1.807) is 33.1 Å². The summed E-state index contributed by atoms with van der Waals surface area (Å²) >= 11 is 1.28. The number of carbonyl (C=O) groups excluding carboxylic acids is 1. The minimum atomic E-state index is -1.07. The lowest BCUT2D eigenvalue weighted by molar-refractivity contribution is -0.142. The Bertz CT molecular complexity index is 477. The molecule has 106 valence electrons. The number of aromatic nitrogens is 1. The Morgan fingerprint density at radius 2 is 2.05 bits per heavy atom. The Hall–Kier alpha value is -1.47. The fraction of sp³-hybridized carbons (Fsp3) is 0.583. The van der Waals surface area contributed by atoms with Crippen molar-refractivity contribution in [1.29, 1.82) is 0 Å². The van der Waals surface area contributed by atoms with Gasteiger partial charge in [0.1, 0.15) is 16.7 Å². The van der Waals surface area contributed by atoms with Crippen molar-refractivity contribution < 1.29 is 14.7 Å². The molecule has 1 aromatic heterocycles. The number of nitrogens with zero attached hydrogens (tertiary/aromatic N) is 1. The number of nitrogens with two attached hydrogens (primary N) is 1. The molecule has 0 spiro atoms. The quantitative estimate of drug-likeness (QED) is 0.775. The fourth-order valence-corrected chi connectivity index (χ4v) is 2.21. The molecular formula is C12H19N3O3S. The van der Waals surface area contributed by atoms with E-state index in [9.17, 15) is 9.59 Å². The van der Waals surface area contributed by atoms with Crippen LogP contribution in [0.15, 0.2) is 5.38 Å². The Morgan fingerprint density at radius 1 is 1.47 bits per heavy atom. The number of hydrogen-bond acceptors (Lipinski definition) is 5. The molecule has 0 saturated heterocycles. The topological polar surface area (TPSA) is 105 Å². The maximum Gasteiger partial charge on any atom is 0.326 e. The molecule has 0 bridgehead atoms. The summed E-state index contributed by atoms with van der Waals surface area (Å²) in [5.41, 5.74) is 5.29. The van der Waals surface area contributed by atoms with E-state index in [4.69, 9.17) is 10.8 Å². The number of carboxylic acids is 1. The lowest BCUT2D eigenvalue weighted by atomic mass is 9.87. The number of rotatable bonds is 4. The number of nitrogens with one attached hydrogen (secondary N) is 1. The van der Waals surface area contributed by atoms with Crippen molar-refractivity contribution in [3.63, 3.8) is 0 Å². The molecule has 7 heteroatoms. The van der Waals surface area contributed by atoms with Crippen molar-refractivity contribution in [2.75, 3.05) is 0 Å². The van der Waals surface area contributed by atoms with Gasteiger partial charge in [-0.2, -0.15) is 0 Å². The van der Waals surface area contributed by atoms with Crippen molar-refractivity contribution in [3.8, 4) is 0 Å². The summed E-state index contributed by atoms with van der Waals surface area (Å²) in [7, 11) is 0. The zero-order valence-corrected chi connectivity index (χ0v) is 12.2. The second kappa shape index (κ2) is 5.66. The highest BCUT2D eigenvalue weighted by Crippen LogP contribution is 2.21. The van der Waals surface area contributed by atoms with Crippen molar-refractivity contribution >= 4 is 23.2 Å². The van der Waals surface area contributed by atoms with Gasteiger partial charge in [-0.3, -0.25) is 4.79 Å². The maximum absolute atomic E-state index is 12.0. The minimum absolute atomic E-state index is 0.202. The van der Waals surface area contributed by atoms with E-state index < -0.39 is 23.3 Å². The molecule has 0 aliphatic rings. The highest BCUT2D eigenvalue weighted by Gasteiger charge is 2.33. The van der Waals surface area contributed by atoms with Crippen LogP contribution in [0.4, 0.5) is 0 Å². The molecular weight excluding hydrogens is 266 g/mol. The molecule has 1 rings (SSSR count). The monoisotopic (exact) mass is 285 g/mol. The molecule has 6 nitrogen and oxygen atoms in total. The average molecular weight is 285 g/mol. The molecule has 0 aromatic carbocycles. The summed E-state index contributed by atoms with van der Waals surface area (Å²) < 4.78 is 0. The number of thiazole rings is 1. The lowest BCUT2D eigenvalue weighted by Crippen LogP contribution is -2.49. The minimum Gasteiger partial charge on any atom is -0.480 e. The number of hydrogen-bond donors (Lipinski definition) is 3. The van der Waals surface area contributed by atoms with Gasteiger partial charge in [0.2, 0.25) is 0 Å². The standard InChI is InChI=1S/C12H19N3O3S/c1-6(13)10-14-7(5-19-10)9(16)15-8(11(17)18)12(2,3)4/h5-6,8H,13H2,1-4H3,(H,15,16)(H,17,18)/t6?,8-/m0/s1. The molecule has 0 saturated carbocycles. The Morgan fingerprint density at radius 3 is 2.42 bits per heavy atom. The Kier molecular flexibility index (Phi) is 4.65. The summed E-state index contributed by atoms with van der Waals surface area (Å²) in [6, 6.07) is -1.22. The first-order valence-electron chi connectivity index (χ1n) is 5.87. The molecule has 19 heavy (non-hydrogen) atoms. The van der Waals surface area contributed by atoms with Crippen LogP contribution in [-0.4, -0.2) is 28.0 Å². The predicted molar refractivity (Wildman–Crippen MR) is 73.1 cm³/mol. The first-order chi connectivity index (χ1) is 8.62. The number of carbonyl (C=O) groups is 2. The summed E-state index contributed by atoms with van der Waals surface area (Å²) in [4.78, 5) is 27.2.